The molecule has 1 aromatic heterocycles. The molecule has 1 aliphatic carbocycles. The molecule has 594 valence electrons. The summed E-state index contributed by atoms with van der Waals surface area (Å²) in [4.78, 5) is 124. The van der Waals surface area contributed by atoms with Crippen LogP contribution in [0.1, 0.15) is 116 Å². The van der Waals surface area contributed by atoms with E-state index in [2.05, 4.69) is 126 Å². The average Bonchev–Trinajstić information content (AvgIpc) is 1.63. The lowest BCUT2D eigenvalue weighted by molar-refractivity contribution is -0.433. The van der Waals surface area contributed by atoms with Crippen molar-refractivity contribution < 1.29 is 97.7 Å². The number of aliphatic hydroxyl groups excluding tert-OH is 6. The van der Waals surface area contributed by atoms with Crippen LogP contribution in [0.2, 0.25) is 0 Å². The molecule has 4 aliphatic heterocycles. The van der Waals surface area contributed by atoms with Crippen molar-refractivity contribution in [2.24, 2.45) is 11.8 Å². The monoisotopic (exact) mass is 1550 g/mol. The van der Waals surface area contributed by atoms with E-state index in [4.69, 9.17) is 14.2 Å². The molecule has 3 aromatic carbocycles. The van der Waals surface area contributed by atoms with Gasteiger partial charge in [0.2, 0.25) is 35.4 Å². The first-order valence-corrected chi connectivity index (χ1v) is 38.1. The van der Waals surface area contributed by atoms with E-state index in [9.17, 15) is 69.3 Å². The second-order valence-electron chi connectivity index (χ2n) is 28.7. The van der Waals surface area contributed by atoms with Crippen LogP contribution in [-0.4, -0.2) is 275 Å². The summed E-state index contributed by atoms with van der Waals surface area (Å²) in [5, 5.41) is 117. The lowest BCUT2D eigenvalue weighted by Gasteiger charge is -2.42. The van der Waals surface area contributed by atoms with Crippen LogP contribution in [0.15, 0.2) is 79.4 Å². The van der Waals surface area contributed by atoms with Gasteiger partial charge in [0.1, 0.15) is 52.9 Å². The second kappa shape index (κ2) is 40.5. The summed E-state index contributed by atoms with van der Waals surface area (Å²) in [7, 11) is 0. The third kappa shape index (κ3) is 23.0. The normalized spacial score (nSPS) is 26.0. The second-order valence-corrected chi connectivity index (χ2v) is 30.1. The molecule has 35 heteroatoms. The Balaban J connectivity index is 0.00000153. The van der Waals surface area contributed by atoms with E-state index >= 15 is 4.79 Å². The molecule has 13 atom stereocenters. The molecule has 108 heavy (non-hydrogen) atoms. The molecule has 5 fully saturated rings. The summed E-state index contributed by atoms with van der Waals surface area (Å²) >= 11 is 1.40. The number of amides is 8. The van der Waals surface area contributed by atoms with Crippen molar-refractivity contribution in [3.63, 3.8) is 0 Å². The number of phenolic OH excluding ortho intramolecular Hbond substituents is 1. The quantitative estimate of drug-likeness (QED) is 0.0166. The van der Waals surface area contributed by atoms with Crippen LogP contribution in [0, 0.1) is 11.8 Å². The van der Waals surface area contributed by atoms with E-state index in [1.165, 1.54) is 68.2 Å². The highest BCUT2D eigenvalue weighted by Crippen LogP contribution is 2.35. The smallest absolute Gasteiger partial charge is 0.407 e. The van der Waals surface area contributed by atoms with E-state index in [1.807, 2.05) is 12.1 Å². The first-order chi connectivity index (χ1) is 51.5. The molecule has 0 unspecified atom stereocenters. The first kappa shape index (κ1) is 85.4. The lowest BCUT2D eigenvalue weighted by Crippen LogP contribution is -2.64. The SMILES string of the molecule is C=CCOC(=O)NCC[C@@H](O)[C@@H]1NC(=O)[C@H]([C@H](O)Cc2ccc(O)c(OSOOO)c2)NC(=O)[C@@H]2C[C@H](O)CN2C(=O)[C@H]([C@H](C)O)NC(=O)[C@@H](NC(=O)c2ccc(-c3nnc(-c4ccc(N5CCN(C6CCC(C)CC6)CC5)cc4)s3)cc2)C[C@H](O)CNC(=O)[C@@H]2[C@@H](O)[C@H](C)CN2C1=O.CCN(C(C)C)C(C)C. The highest BCUT2D eigenvalue weighted by Gasteiger charge is 2.50. The Morgan fingerprint density at radius 2 is 1.37 bits per heavy atom. The van der Waals surface area contributed by atoms with Crippen molar-refractivity contribution in [3.8, 4) is 32.6 Å². The minimum Gasteiger partial charge on any atom is -0.504 e. The summed E-state index contributed by atoms with van der Waals surface area (Å²) in [6.45, 7) is 22.4. The van der Waals surface area contributed by atoms with Crippen LogP contribution in [0.25, 0.3) is 21.1 Å². The van der Waals surface area contributed by atoms with Gasteiger partial charge < -0.3 is 91.3 Å². The fourth-order valence-electron chi connectivity index (χ4n) is 14.3. The molecular weight excluding hydrogens is 1440 g/mol. The van der Waals surface area contributed by atoms with E-state index in [1.54, 1.807) is 12.1 Å². The number of nitrogens with one attached hydrogen (secondary N) is 6. The Morgan fingerprint density at radius 1 is 0.750 bits per heavy atom. The lowest BCUT2D eigenvalue weighted by atomic mass is 9.86. The maximum Gasteiger partial charge on any atom is 0.407 e. The van der Waals surface area contributed by atoms with Crippen molar-refractivity contribution in [1.29, 1.82) is 0 Å². The predicted octanol–water partition coefficient (Wildman–Crippen LogP) is 2.02. The number of benzene rings is 3. The van der Waals surface area contributed by atoms with Crippen LogP contribution in [0.4, 0.5) is 10.5 Å². The number of hydrogen-bond acceptors (Lipinski definition) is 27. The van der Waals surface area contributed by atoms with Crippen LogP contribution < -0.4 is 41.0 Å². The molecular formula is C73H105N13O20S2. The van der Waals surface area contributed by atoms with E-state index in [0.717, 1.165) is 78.7 Å². The van der Waals surface area contributed by atoms with Gasteiger partial charge in [-0.2, -0.15) is 0 Å². The van der Waals surface area contributed by atoms with E-state index < -0.39 is 177 Å². The average molecular weight is 1550 g/mol. The van der Waals surface area contributed by atoms with E-state index in [-0.39, 0.29) is 42.4 Å². The Hall–Kier alpha value is -8.17. The number of aromatic nitrogens is 2. The number of hydrogen-bond donors (Lipinski definition) is 14. The molecule has 0 spiro atoms. The molecule has 14 N–H and O–H groups in total. The van der Waals surface area contributed by atoms with Gasteiger partial charge in [-0.15, -0.1) is 10.2 Å². The molecule has 8 amide bonds. The van der Waals surface area contributed by atoms with Crippen LogP contribution in [-0.2, 0) is 49.3 Å². The number of ether oxygens (including phenoxy) is 1. The van der Waals surface area contributed by atoms with Gasteiger partial charge in [0.05, 0.1) is 36.6 Å². The van der Waals surface area contributed by atoms with Gasteiger partial charge >= 0.3 is 6.09 Å². The van der Waals surface area contributed by atoms with Gasteiger partial charge in [-0.1, -0.05) is 72.3 Å². The van der Waals surface area contributed by atoms with Crippen molar-refractivity contribution in [2.75, 3.05) is 70.4 Å². The predicted molar refractivity (Wildman–Crippen MR) is 399 cm³/mol. The van der Waals surface area contributed by atoms with Gasteiger partial charge in [0.25, 0.3) is 18.2 Å². The number of anilines is 1. The Morgan fingerprint density at radius 3 is 1.97 bits per heavy atom. The number of alkyl carbamates (subject to hydrolysis) is 1. The number of phenols is 1. The molecule has 4 saturated heterocycles. The zero-order valence-electron chi connectivity index (χ0n) is 62.1. The zero-order valence-corrected chi connectivity index (χ0v) is 63.7. The number of aromatic hydroxyl groups is 1. The van der Waals surface area contributed by atoms with Gasteiger partial charge in [-0.05, 0) is 133 Å². The van der Waals surface area contributed by atoms with Crippen molar-refractivity contribution in [3.05, 3.63) is 90.5 Å². The molecule has 5 aliphatic rings. The number of piperazine rings is 1. The Kier molecular flexibility index (Phi) is 32.0. The third-order valence-electron chi connectivity index (χ3n) is 20.2. The van der Waals surface area contributed by atoms with E-state index in [0.29, 0.717) is 33.7 Å². The minimum absolute atomic E-state index is 0.0197. The standard InChI is InChI=1S/C65H86N12O20S2.C8H19N/c1-5-26-94-65(92)66-21-20-48(82)53-64(91)77-32-35(3)55(84)54(77)60(89)67-31-43(79)29-45(68-56(85)38-9-11-39(12-10-38)61-72-73-62(98-61)40-13-17-42(18-14-40)75-24-22-74(23-25-75)41-15-6-34(2)7-16-41)57(86)69-51(36(4)78)63(90)76-33-44(80)30-46(76)58(87)70-52(59(88)71-53)49(83)27-37-8-19-47(81)50(28-37)95-99-97-96-93;1-6-9(7(2)3)8(4)5/h5,8-14,17-19,28,34-36,41,43-46,48-49,51-55,78-84,93H,1,6-7,15-16,20-27,29-33H2,2-4H3,(H,66,92)(H,67,89)(H,68,85)(H,69,86)(H,70,87)(H,71,88);7-8H,6H2,1-5H3/t34?,35-,36+,41?,43+,44+,45+,46+,48-,49-,51+,52+,53+,54+,55+;/m1./s1. The molecule has 4 aromatic rings. The summed E-state index contributed by atoms with van der Waals surface area (Å²) in [6.07, 6.45) is -7.46. The summed E-state index contributed by atoms with van der Waals surface area (Å²) in [5.41, 5.74) is 2.72. The largest absolute Gasteiger partial charge is 0.504 e. The van der Waals surface area contributed by atoms with Gasteiger partial charge in [-0.25, -0.2) is 10.1 Å². The van der Waals surface area contributed by atoms with Crippen LogP contribution in [0.5, 0.6) is 11.5 Å². The van der Waals surface area contributed by atoms with Gasteiger partial charge in [0, 0.05) is 118 Å². The van der Waals surface area contributed by atoms with Gasteiger partial charge in [0.15, 0.2) is 11.5 Å². The number of carbonyl (C=O) groups is 8. The number of carbonyl (C=O) groups excluding carboxylic acids is 8. The minimum atomic E-state index is -2.18. The summed E-state index contributed by atoms with van der Waals surface area (Å²) in [5.74, 6) is -8.89. The highest BCUT2D eigenvalue weighted by molar-refractivity contribution is 7.90. The van der Waals surface area contributed by atoms with Crippen molar-refractivity contribution in [2.45, 2.75) is 198 Å². The maximum atomic E-state index is 15.0. The molecule has 0 radical (unpaired) electrons. The van der Waals surface area contributed by atoms with Crippen LogP contribution in [0.3, 0.4) is 0 Å². The molecule has 33 nitrogen and oxygen atoms in total. The topological polar surface area (TPSA) is 449 Å². The fraction of sp³-hybridized carbons (Fsp3) is 0.589. The van der Waals surface area contributed by atoms with Gasteiger partial charge in [-0.3, -0.25) is 43.4 Å². The number of rotatable bonds is 23. The highest BCUT2D eigenvalue weighted by atomic mass is 32.2. The first-order valence-electron chi connectivity index (χ1n) is 36.6. The fourth-order valence-corrected chi connectivity index (χ4v) is 15.4. The Bertz CT molecular complexity index is 3650. The third-order valence-corrected chi connectivity index (χ3v) is 21.6. The molecule has 0 bridgehead atoms. The van der Waals surface area contributed by atoms with Crippen LogP contribution >= 0.6 is 23.7 Å². The maximum absolute atomic E-state index is 15.0. The zero-order chi connectivity index (χ0) is 78.6. The number of nitrogens with zero attached hydrogens (tertiary/aromatic N) is 7. The van der Waals surface area contributed by atoms with Crippen molar-refractivity contribution in [1.82, 2.24) is 61.7 Å². The molecule has 5 heterocycles. The molecule has 1 saturated carbocycles. The number of aliphatic hydroxyl groups is 6. The number of fused-ring (bicyclic) bond motifs is 2. The van der Waals surface area contributed by atoms with Crippen molar-refractivity contribution >= 4 is 76.8 Å². The summed E-state index contributed by atoms with van der Waals surface area (Å²) in [6, 6.07) is 8.45. The Labute approximate surface area is 636 Å². The molecule has 9 rings (SSSR count). The number of β-amino-alcohol motifs (C(OH)–C–C–N with tert-alkyl or cyclic N) is 1. The summed E-state index contributed by atoms with van der Waals surface area (Å²) < 4.78 is 14.3.